The van der Waals surface area contributed by atoms with Crippen molar-refractivity contribution in [2.45, 2.75) is 35.5 Å². The Morgan fingerprint density at radius 1 is 1.10 bits per heavy atom. The molecule has 0 aromatic heterocycles. The Balaban J connectivity index is 2.41. The average molecular weight is 316 g/mol. The summed E-state index contributed by atoms with van der Waals surface area (Å²) in [6.45, 7) is 6.34. The second kappa shape index (κ2) is 7.05. The normalized spacial score (nSPS) is 10.6. The van der Waals surface area contributed by atoms with Gasteiger partial charge >= 0.3 is 0 Å². The molecule has 0 spiro atoms. The zero-order valence-corrected chi connectivity index (χ0v) is 14.2. The quantitative estimate of drug-likeness (QED) is 0.471. The predicted molar refractivity (Wildman–Crippen MR) is 93.9 cm³/mol. The summed E-state index contributed by atoms with van der Waals surface area (Å²) in [7, 11) is 0. The summed E-state index contributed by atoms with van der Waals surface area (Å²) in [4.78, 5) is 3.31. The number of nitrogens with one attached hydrogen (secondary N) is 1. The minimum atomic E-state index is 0.137. The zero-order valence-electron chi connectivity index (χ0n) is 12.6. The minimum Gasteiger partial charge on any atom is -0.384 e. The number of hydrogen-bond acceptors (Lipinski definition) is 3. The van der Waals surface area contributed by atoms with Gasteiger partial charge in [-0.25, -0.2) is 0 Å². The highest BCUT2D eigenvalue weighted by molar-refractivity contribution is 8.00. The van der Waals surface area contributed by atoms with Crippen LogP contribution in [-0.4, -0.2) is 11.6 Å². The van der Waals surface area contributed by atoms with E-state index in [4.69, 9.17) is 11.1 Å². The van der Waals surface area contributed by atoms with Crippen molar-refractivity contribution < 1.29 is 0 Å². The van der Waals surface area contributed by atoms with E-state index in [0.29, 0.717) is 0 Å². The molecule has 110 valence electrons. The van der Waals surface area contributed by atoms with Gasteiger partial charge in [0.1, 0.15) is 5.84 Å². The van der Waals surface area contributed by atoms with Crippen LogP contribution in [0.3, 0.4) is 0 Å². The highest BCUT2D eigenvalue weighted by Crippen LogP contribution is 2.35. The Hall–Kier alpha value is -1.39. The highest BCUT2D eigenvalue weighted by atomic mass is 32.2. The summed E-state index contributed by atoms with van der Waals surface area (Å²) in [5, 5.41) is 7.89. The third-order valence-corrected chi connectivity index (χ3v) is 5.25. The van der Waals surface area contributed by atoms with Gasteiger partial charge in [-0.15, -0.1) is 11.8 Å². The molecule has 2 nitrogen and oxygen atoms in total. The maximum atomic E-state index is 7.89. The lowest BCUT2D eigenvalue weighted by molar-refractivity contribution is 1.23. The van der Waals surface area contributed by atoms with Crippen molar-refractivity contribution in [1.29, 1.82) is 5.41 Å². The number of thioether (sulfide) groups is 1. The summed E-state index contributed by atoms with van der Waals surface area (Å²) >= 11 is 3.40. The van der Waals surface area contributed by atoms with Gasteiger partial charge in [0.25, 0.3) is 0 Å². The maximum absolute atomic E-state index is 7.89. The summed E-state index contributed by atoms with van der Waals surface area (Å²) < 4.78 is 0. The van der Waals surface area contributed by atoms with E-state index in [9.17, 15) is 0 Å². The van der Waals surface area contributed by atoms with E-state index in [-0.39, 0.29) is 5.84 Å². The lowest BCUT2D eigenvalue weighted by atomic mass is 10.1. The molecule has 0 unspecified atom stereocenters. The van der Waals surface area contributed by atoms with Gasteiger partial charge in [0, 0.05) is 20.2 Å². The fourth-order valence-electron chi connectivity index (χ4n) is 2.04. The van der Waals surface area contributed by atoms with Gasteiger partial charge in [-0.3, -0.25) is 5.41 Å². The van der Waals surface area contributed by atoms with E-state index < -0.39 is 0 Å². The summed E-state index contributed by atoms with van der Waals surface area (Å²) in [6, 6.07) is 12.6. The smallest absolute Gasteiger partial charge is 0.125 e. The van der Waals surface area contributed by atoms with Gasteiger partial charge in [-0.2, -0.15) is 0 Å². The second-order valence-corrected chi connectivity index (χ2v) is 7.25. The van der Waals surface area contributed by atoms with E-state index in [1.165, 1.54) is 16.0 Å². The van der Waals surface area contributed by atoms with Crippen LogP contribution < -0.4 is 5.73 Å². The highest BCUT2D eigenvalue weighted by Gasteiger charge is 2.12. The van der Waals surface area contributed by atoms with E-state index >= 15 is 0 Å². The molecule has 0 aliphatic rings. The minimum absolute atomic E-state index is 0.137. The topological polar surface area (TPSA) is 49.9 Å². The van der Waals surface area contributed by atoms with Gasteiger partial charge < -0.3 is 5.73 Å². The molecular formula is C17H20N2S2. The van der Waals surface area contributed by atoms with Crippen molar-refractivity contribution in [3.05, 3.63) is 53.1 Å². The molecule has 2 rings (SSSR count). The van der Waals surface area contributed by atoms with Crippen molar-refractivity contribution in [3.63, 3.8) is 0 Å². The Morgan fingerprint density at radius 2 is 1.81 bits per heavy atom. The largest absolute Gasteiger partial charge is 0.384 e. The van der Waals surface area contributed by atoms with Gasteiger partial charge in [0.05, 0.1) is 0 Å². The molecule has 0 radical (unpaired) electrons. The lowest BCUT2D eigenvalue weighted by Crippen LogP contribution is -2.13. The Labute approximate surface area is 135 Å². The van der Waals surface area contributed by atoms with Crippen LogP contribution in [-0.2, 0) is 0 Å². The van der Waals surface area contributed by atoms with Crippen molar-refractivity contribution in [1.82, 2.24) is 0 Å². The van der Waals surface area contributed by atoms with Gasteiger partial charge in [-0.05, 0) is 55.0 Å². The molecule has 3 N–H and O–H groups in total. The molecule has 0 amide bonds. The third kappa shape index (κ3) is 3.83. The molecule has 0 saturated heterocycles. The Kier molecular flexibility index (Phi) is 5.37. The molecule has 0 bridgehead atoms. The predicted octanol–water partition coefficient (Wildman–Crippen LogP) is 4.85. The summed E-state index contributed by atoms with van der Waals surface area (Å²) in [5.74, 6) is 1.11. The monoisotopic (exact) mass is 316 g/mol. The molecule has 0 fully saturated rings. The molecule has 0 heterocycles. The standard InChI is InChI=1S/C17H20N2S2/c1-4-20-14-6-5-7-15(16(14)17(18)19)21-13-9-8-11(2)12(3)10-13/h5-10H,4H2,1-3H3,(H3,18,19). The molecule has 0 aliphatic heterocycles. The van der Waals surface area contributed by atoms with Crippen LogP contribution >= 0.6 is 23.5 Å². The van der Waals surface area contributed by atoms with E-state index in [2.05, 4.69) is 39.0 Å². The molecule has 4 heteroatoms. The van der Waals surface area contributed by atoms with Crippen LogP contribution in [0, 0.1) is 19.3 Å². The van der Waals surface area contributed by atoms with E-state index in [1.54, 1.807) is 23.5 Å². The molecule has 0 saturated carbocycles. The van der Waals surface area contributed by atoms with E-state index in [1.807, 2.05) is 18.2 Å². The van der Waals surface area contributed by atoms with Crippen LogP contribution in [0.4, 0.5) is 0 Å². The zero-order chi connectivity index (χ0) is 15.4. The van der Waals surface area contributed by atoms with Gasteiger partial charge in [0.15, 0.2) is 0 Å². The van der Waals surface area contributed by atoms with Gasteiger partial charge in [0.2, 0.25) is 0 Å². The third-order valence-electron chi connectivity index (χ3n) is 3.26. The number of hydrogen-bond donors (Lipinski definition) is 2. The SMILES string of the molecule is CCSc1cccc(Sc2ccc(C)c(C)c2)c1C(=N)N. The maximum Gasteiger partial charge on any atom is 0.125 e. The fraction of sp³-hybridized carbons (Fsp3) is 0.235. The Morgan fingerprint density at radius 3 is 2.43 bits per heavy atom. The van der Waals surface area contributed by atoms with Crippen LogP contribution in [0.2, 0.25) is 0 Å². The molecule has 0 atom stereocenters. The molecule has 21 heavy (non-hydrogen) atoms. The van der Waals surface area contributed by atoms with Crippen LogP contribution in [0.5, 0.6) is 0 Å². The average Bonchev–Trinajstić information content (AvgIpc) is 2.43. The fourth-order valence-corrected chi connectivity index (χ4v) is 4.05. The van der Waals surface area contributed by atoms with Crippen LogP contribution in [0.25, 0.3) is 0 Å². The first kappa shape index (κ1) is 16.0. The van der Waals surface area contributed by atoms with Crippen LogP contribution in [0.1, 0.15) is 23.6 Å². The number of benzene rings is 2. The number of nitrogen functional groups attached to an aromatic ring is 1. The lowest BCUT2D eigenvalue weighted by Gasteiger charge is -2.13. The number of amidine groups is 1. The Bertz CT molecular complexity index is 666. The van der Waals surface area contributed by atoms with E-state index in [0.717, 1.165) is 21.1 Å². The van der Waals surface area contributed by atoms with Crippen molar-refractivity contribution in [2.75, 3.05) is 5.75 Å². The molecule has 2 aromatic rings. The van der Waals surface area contributed by atoms with Crippen molar-refractivity contribution in [3.8, 4) is 0 Å². The summed E-state index contributed by atoms with van der Waals surface area (Å²) in [5.41, 5.74) is 9.24. The first-order valence-corrected chi connectivity index (χ1v) is 8.68. The number of rotatable bonds is 5. The van der Waals surface area contributed by atoms with Crippen LogP contribution in [0.15, 0.2) is 51.1 Å². The molecular weight excluding hydrogens is 296 g/mol. The summed E-state index contributed by atoms with van der Waals surface area (Å²) in [6.07, 6.45) is 0. The molecule has 0 aliphatic carbocycles. The first-order chi connectivity index (χ1) is 10.0. The number of aryl methyl sites for hydroxylation is 2. The molecule has 2 aromatic carbocycles. The van der Waals surface area contributed by atoms with Crippen molar-refractivity contribution in [2.24, 2.45) is 5.73 Å². The first-order valence-electron chi connectivity index (χ1n) is 6.88. The van der Waals surface area contributed by atoms with Crippen molar-refractivity contribution >= 4 is 29.4 Å². The number of nitrogens with two attached hydrogens (primary N) is 1. The van der Waals surface area contributed by atoms with Gasteiger partial charge in [-0.1, -0.05) is 30.8 Å². The second-order valence-electron chi connectivity index (χ2n) is 4.82.